The minimum atomic E-state index is -3.82. The van der Waals surface area contributed by atoms with Crippen LogP contribution in [0.2, 0.25) is 0 Å². The Morgan fingerprint density at radius 1 is 1.04 bits per heavy atom. The average Bonchev–Trinajstić information content (AvgIpc) is 3.16. The van der Waals surface area contributed by atoms with Crippen LogP contribution < -0.4 is 0 Å². The van der Waals surface area contributed by atoms with E-state index in [0.717, 1.165) is 11.3 Å². The minimum Gasteiger partial charge on any atom is -0.478 e. The fraction of sp³-hybridized carbons (Fsp3) is 0.158. The highest BCUT2D eigenvalue weighted by Crippen LogP contribution is 2.36. The van der Waals surface area contributed by atoms with Crippen LogP contribution in [-0.4, -0.2) is 39.9 Å². The van der Waals surface area contributed by atoms with Gasteiger partial charge >= 0.3 is 5.97 Å². The van der Waals surface area contributed by atoms with Gasteiger partial charge in [0, 0.05) is 37.4 Å². The van der Waals surface area contributed by atoms with Gasteiger partial charge in [-0.05, 0) is 54.1 Å². The maximum Gasteiger partial charge on any atom is 0.335 e. The molecule has 138 valence electrons. The molecule has 1 atom stereocenters. The fourth-order valence-corrected chi connectivity index (χ4v) is 4.99. The molecule has 7 nitrogen and oxygen atoms in total. The number of carboxylic acid groups (broad SMARTS) is 1. The summed E-state index contributed by atoms with van der Waals surface area (Å²) in [5.74, 6) is -1.09. The van der Waals surface area contributed by atoms with Gasteiger partial charge in [-0.25, -0.2) is 13.2 Å². The highest BCUT2D eigenvalue weighted by molar-refractivity contribution is 7.89. The summed E-state index contributed by atoms with van der Waals surface area (Å²) in [6, 6.07) is 12.3. The molecule has 1 unspecified atom stereocenters. The van der Waals surface area contributed by atoms with Crippen LogP contribution in [0.4, 0.5) is 0 Å². The van der Waals surface area contributed by atoms with Gasteiger partial charge in [-0.1, -0.05) is 0 Å². The van der Waals surface area contributed by atoms with E-state index in [9.17, 15) is 13.2 Å². The molecule has 0 aliphatic carbocycles. The summed E-state index contributed by atoms with van der Waals surface area (Å²) in [5.41, 5.74) is 1.76. The first-order valence-corrected chi connectivity index (χ1v) is 9.82. The van der Waals surface area contributed by atoms with Crippen LogP contribution in [0.1, 0.15) is 27.7 Å². The lowest BCUT2D eigenvalue weighted by Gasteiger charge is -2.36. The molecule has 1 aliphatic heterocycles. The Labute approximate surface area is 156 Å². The Morgan fingerprint density at radius 2 is 1.74 bits per heavy atom. The van der Waals surface area contributed by atoms with Crippen molar-refractivity contribution in [1.82, 2.24) is 13.9 Å². The van der Waals surface area contributed by atoms with Crippen molar-refractivity contribution in [2.75, 3.05) is 6.54 Å². The molecule has 0 bridgehead atoms. The average molecular weight is 383 g/mol. The zero-order valence-electron chi connectivity index (χ0n) is 14.3. The second kappa shape index (κ2) is 6.64. The topological polar surface area (TPSA) is 92.5 Å². The number of carboxylic acids is 1. The van der Waals surface area contributed by atoms with Gasteiger partial charge in [-0.3, -0.25) is 4.98 Å². The molecule has 1 aromatic carbocycles. The van der Waals surface area contributed by atoms with E-state index >= 15 is 0 Å². The molecule has 1 N–H and O–H groups in total. The smallest absolute Gasteiger partial charge is 0.335 e. The minimum absolute atomic E-state index is 0.0483. The van der Waals surface area contributed by atoms with Crippen LogP contribution in [0.25, 0.3) is 0 Å². The highest BCUT2D eigenvalue weighted by Gasteiger charge is 2.37. The van der Waals surface area contributed by atoms with Crippen molar-refractivity contribution in [3.8, 4) is 0 Å². The molecular weight excluding hydrogens is 366 g/mol. The van der Waals surface area contributed by atoms with Gasteiger partial charge in [-0.2, -0.15) is 4.31 Å². The molecule has 0 spiro atoms. The Morgan fingerprint density at radius 3 is 2.41 bits per heavy atom. The number of carbonyl (C=O) groups is 1. The maximum absolute atomic E-state index is 13.3. The predicted molar refractivity (Wildman–Crippen MR) is 97.8 cm³/mol. The van der Waals surface area contributed by atoms with Crippen molar-refractivity contribution < 1.29 is 18.3 Å². The first kappa shape index (κ1) is 17.4. The van der Waals surface area contributed by atoms with Gasteiger partial charge in [0.15, 0.2) is 0 Å². The van der Waals surface area contributed by atoms with Crippen molar-refractivity contribution in [3.63, 3.8) is 0 Å². The second-order valence-corrected chi connectivity index (χ2v) is 8.15. The normalized spacial score (nSPS) is 17.4. The van der Waals surface area contributed by atoms with E-state index in [2.05, 4.69) is 4.98 Å². The monoisotopic (exact) mass is 383 g/mol. The van der Waals surface area contributed by atoms with Gasteiger partial charge in [0.2, 0.25) is 10.0 Å². The zero-order valence-corrected chi connectivity index (χ0v) is 15.1. The third kappa shape index (κ3) is 3.02. The number of sulfonamides is 1. The third-order valence-corrected chi connectivity index (χ3v) is 6.60. The van der Waals surface area contributed by atoms with Crippen molar-refractivity contribution >= 4 is 16.0 Å². The lowest BCUT2D eigenvalue weighted by atomic mass is 10.0. The summed E-state index contributed by atoms with van der Waals surface area (Å²) in [5, 5.41) is 9.03. The molecule has 4 rings (SSSR count). The summed E-state index contributed by atoms with van der Waals surface area (Å²) in [6.45, 7) is 0.869. The molecule has 0 saturated heterocycles. The Bertz CT molecular complexity index is 1080. The maximum atomic E-state index is 13.3. The lowest BCUT2D eigenvalue weighted by Crippen LogP contribution is -2.42. The molecule has 1 aliphatic rings. The summed E-state index contributed by atoms with van der Waals surface area (Å²) in [4.78, 5) is 15.1. The van der Waals surface area contributed by atoms with Crippen molar-refractivity contribution in [2.24, 2.45) is 0 Å². The quantitative estimate of drug-likeness (QED) is 0.747. The van der Waals surface area contributed by atoms with Crippen LogP contribution >= 0.6 is 0 Å². The summed E-state index contributed by atoms with van der Waals surface area (Å²) in [7, 11) is -3.82. The van der Waals surface area contributed by atoms with Gasteiger partial charge in [0.05, 0.1) is 16.5 Å². The first-order chi connectivity index (χ1) is 13.0. The Balaban J connectivity index is 1.80. The number of nitrogens with zero attached hydrogens (tertiary/aromatic N) is 3. The molecule has 0 amide bonds. The van der Waals surface area contributed by atoms with Crippen molar-refractivity contribution in [3.05, 3.63) is 83.9 Å². The first-order valence-electron chi connectivity index (χ1n) is 8.38. The molecule has 0 radical (unpaired) electrons. The number of aromatic nitrogens is 2. The van der Waals surface area contributed by atoms with E-state index in [-0.39, 0.29) is 10.5 Å². The standard InChI is InChI=1S/C19H17N3O4S/c23-19(24)15-3-5-16(6-4-15)27(25,26)22-13-12-21-11-1-2-17(21)18(22)14-7-9-20-10-8-14/h1-11,18H,12-13H2,(H,23,24). The number of benzene rings is 1. The van der Waals surface area contributed by atoms with E-state index in [1.807, 2.05) is 35.0 Å². The summed E-state index contributed by atoms with van der Waals surface area (Å²) < 4.78 is 30.2. The number of hydrogen-bond donors (Lipinski definition) is 1. The zero-order chi connectivity index (χ0) is 19.0. The largest absolute Gasteiger partial charge is 0.478 e. The van der Waals surface area contributed by atoms with Crippen LogP contribution in [0, 0.1) is 0 Å². The third-order valence-electron chi connectivity index (χ3n) is 4.72. The molecule has 8 heteroatoms. The van der Waals surface area contributed by atoms with E-state index in [4.69, 9.17) is 5.11 Å². The lowest BCUT2D eigenvalue weighted by molar-refractivity contribution is 0.0696. The van der Waals surface area contributed by atoms with Gasteiger partial charge in [0.1, 0.15) is 0 Å². The molecule has 3 aromatic rings. The Kier molecular flexibility index (Phi) is 4.29. The van der Waals surface area contributed by atoms with E-state index in [1.165, 1.54) is 28.6 Å². The van der Waals surface area contributed by atoms with Crippen molar-refractivity contribution in [2.45, 2.75) is 17.5 Å². The SMILES string of the molecule is O=C(O)c1ccc(S(=O)(=O)N2CCn3cccc3C2c2ccncc2)cc1. The Hall–Kier alpha value is -2.97. The fourth-order valence-electron chi connectivity index (χ4n) is 3.41. The highest BCUT2D eigenvalue weighted by atomic mass is 32.2. The molecule has 0 fully saturated rings. The van der Waals surface area contributed by atoms with Gasteiger partial charge < -0.3 is 9.67 Å². The van der Waals surface area contributed by atoms with Crippen molar-refractivity contribution in [1.29, 1.82) is 0 Å². The summed E-state index contributed by atoms with van der Waals surface area (Å²) >= 11 is 0. The molecular formula is C19H17N3O4S. The van der Waals surface area contributed by atoms with E-state index < -0.39 is 22.0 Å². The number of pyridine rings is 1. The second-order valence-electron chi connectivity index (χ2n) is 6.25. The number of aromatic carboxylic acids is 1. The number of rotatable bonds is 4. The number of hydrogen-bond acceptors (Lipinski definition) is 4. The van der Waals surface area contributed by atoms with E-state index in [0.29, 0.717) is 13.1 Å². The summed E-state index contributed by atoms with van der Waals surface area (Å²) in [6.07, 6.45) is 5.22. The van der Waals surface area contributed by atoms with Crippen LogP contribution in [0.5, 0.6) is 0 Å². The van der Waals surface area contributed by atoms with Crippen LogP contribution in [-0.2, 0) is 16.6 Å². The molecule has 27 heavy (non-hydrogen) atoms. The predicted octanol–water partition coefficient (Wildman–Crippen LogP) is 2.38. The van der Waals surface area contributed by atoms with Crippen LogP contribution in [0.3, 0.4) is 0 Å². The molecule has 0 saturated carbocycles. The van der Waals surface area contributed by atoms with Gasteiger partial charge in [0.25, 0.3) is 0 Å². The van der Waals surface area contributed by atoms with E-state index in [1.54, 1.807) is 12.4 Å². The van der Waals surface area contributed by atoms with Gasteiger partial charge in [-0.15, -0.1) is 0 Å². The van der Waals surface area contributed by atoms with Crippen LogP contribution in [0.15, 0.2) is 72.0 Å². The molecule has 3 heterocycles. The number of fused-ring (bicyclic) bond motifs is 1. The molecule has 2 aromatic heterocycles.